The maximum absolute atomic E-state index is 11.8. The molecule has 0 saturated carbocycles. The highest BCUT2D eigenvalue weighted by Crippen LogP contribution is 2.39. The summed E-state index contributed by atoms with van der Waals surface area (Å²) in [5.41, 5.74) is -0.229. The SMILES string of the molecule is CC1OCCC1(CCl)CCOCC(F)(F)F. The van der Waals surface area contributed by atoms with Crippen LogP contribution in [0.2, 0.25) is 0 Å². The molecule has 16 heavy (non-hydrogen) atoms. The van der Waals surface area contributed by atoms with Crippen molar-refractivity contribution in [3.05, 3.63) is 0 Å². The first kappa shape index (κ1) is 14.1. The first-order valence-corrected chi connectivity index (χ1v) is 5.75. The number of hydrogen-bond acceptors (Lipinski definition) is 2. The van der Waals surface area contributed by atoms with Crippen LogP contribution >= 0.6 is 11.6 Å². The maximum atomic E-state index is 11.8. The van der Waals surface area contributed by atoms with Gasteiger partial charge in [0, 0.05) is 24.5 Å². The Morgan fingerprint density at radius 2 is 2.19 bits per heavy atom. The molecule has 0 spiro atoms. The highest BCUT2D eigenvalue weighted by Gasteiger charge is 2.40. The van der Waals surface area contributed by atoms with Crippen LogP contribution in [0.1, 0.15) is 19.8 Å². The molecule has 1 saturated heterocycles. The van der Waals surface area contributed by atoms with E-state index in [0.717, 1.165) is 6.42 Å². The molecule has 1 heterocycles. The molecule has 1 fully saturated rings. The topological polar surface area (TPSA) is 18.5 Å². The fourth-order valence-corrected chi connectivity index (χ4v) is 2.34. The van der Waals surface area contributed by atoms with Gasteiger partial charge in [-0.3, -0.25) is 0 Å². The smallest absolute Gasteiger partial charge is 0.378 e. The number of ether oxygens (including phenoxy) is 2. The Balaban J connectivity index is 2.30. The van der Waals surface area contributed by atoms with E-state index < -0.39 is 12.8 Å². The summed E-state index contributed by atoms with van der Waals surface area (Å²) >= 11 is 5.87. The predicted molar refractivity (Wildman–Crippen MR) is 54.7 cm³/mol. The van der Waals surface area contributed by atoms with E-state index in [1.807, 2.05) is 6.92 Å². The molecule has 1 aliphatic heterocycles. The predicted octanol–water partition coefficient (Wildman–Crippen LogP) is 2.99. The third kappa shape index (κ3) is 3.79. The van der Waals surface area contributed by atoms with Crippen molar-refractivity contribution in [1.29, 1.82) is 0 Å². The van der Waals surface area contributed by atoms with Gasteiger partial charge in [-0.05, 0) is 19.8 Å². The van der Waals surface area contributed by atoms with E-state index in [0.29, 0.717) is 18.9 Å². The van der Waals surface area contributed by atoms with Crippen molar-refractivity contribution in [1.82, 2.24) is 0 Å². The lowest BCUT2D eigenvalue weighted by Gasteiger charge is -2.29. The lowest BCUT2D eigenvalue weighted by atomic mass is 9.81. The molecule has 0 aromatic carbocycles. The molecule has 0 N–H and O–H groups in total. The second kappa shape index (κ2) is 5.56. The molecule has 0 radical (unpaired) electrons. The van der Waals surface area contributed by atoms with Crippen molar-refractivity contribution >= 4 is 11.6 Å². The summed E-state index contributed by atoms with van der Waals surface area (Å²) < 4.78 is 45.5. The first-order valence-electron chi connectivity index (χ1n) is 5.22. The molecular formula is C10H16ClF3O2. The molecule has 1 aliphatic rings. The van der Waals surface area contributed by atoms with E-state index in [1.54, 1.807) is 0 Å². The summed E-state index contributed by atoms with van der Waals surface area (Å²) in [6.07, 6.45) is -2.98. The molecule has 6 heteroatoms. The van der Waals surface area contributed by atoms with Gasteiger partial charge < -0.3 is 9.47 Å². The van der Waals surface area contributed by atoms with Crippen molar-refractivity contribution < 1.29 is 22.6 Å². The van der Waals surface area contributed by atoms with E-state index in [9.17, 15) is 13.2 Å². The molecule has 96 valence electrons. The second-order valence-electron chi connectivity index (χ2n) is 4.18. The molecule has 2 atom stereocenters. The zero-order chi connectivity index (χ0) is 12.2. The average molecular weight is 261 g/mol. The highest BCUT2D eigenvalue weighted by atomic mass is 35.5. The van der Waals surface area contributed by atoms with Crippen LogP contribution in [0.4, 0.5) is 13.2 Å². The van der Waals surface area contributed by atoms with Gasteiger partial charge in [-0.2, -0.15) is 13.2 Å². The van der Waals surface area contributed by atoms with Gasteiger partial charge in [0.2, 0.25) is 0 Å². The fraction of sp³-hybridized carbons (Fsp3) is 1.00. The van der Waals surface area contributed by atoms with Crippen LogP contribution in [0, 0.1) is 5.41 Å². The lowest BCUT2D eigenvalue weighted by molar-refractivity contribution is -0.175. The molecule has 2 nitrogen and oxygen atoms in total. The minimum absolute atomic E-state index is 0.0144. The Hall–Kier alpha value is -0.0000000000000000555. The Bertz CT molecular complexity index is 223. The second-order valence-corrected chi connectivity index (χ2v) is 4.44. The Morgan fingerprint density at radius 1 is 1.50 bits per heavy atom. The number of rotatable bonds is 5. The summed E-state index contributed by atoms with van der Waals surface area (Å²) in [6.45, 7) is 1.40. The van der Waals surface area contributed by atoms with Crippen LogP contribution in [0.25, 0.3) is 0 Å². The highest BCUT2D eigenvalue weighted by molar-refractivity contribution is 6.18. The molecule has 0 aromatic rings. The normalized spacial score (nSPS) is 30.9. The van der Waals surface area contributed by atoms with Gasteiger partial charge in [-0.15, -0.1) is 11.6 Å². The Kier molecular flexibility index (Phi) is 4.88. The van der Waals surface area contributed by atoms with E-state index in [-0.39, 0.29) is 18.1 Å². The standard InChI is InChI=1S/C10H16ClF3O2/c1-8-9(6-11,3-5-16-8)2-4-15-7-10(12,13)14/h8H,2-7H2,1H3. The Morgan fingerprint density at radius 3 is 2.62 bits per heavy atom. The van der Waals surface area contributed by atoms with Crippen molar-refractivity contribution in [3.8, 4) is 0 Å². The van der Waals surface area contributed by atoms with Gasteiger partial charge in [0.25, 0.3) is 0 Å². The molecule has 0 aromatic heterocycles. The van der Waals surface area contributed by atoms with Crippen LogP contribution in [0.3, 0.4) is 0 Å². The molecule has 2 unspecified atom stereocenters. The number of halogens is 4. The first-order chi connectivity index (χ1) is 7.40. The molecule has 0 bridgehead atoms. The van der Waals surface area contributed by atoms with Crippen LogP contribution < -0.4 is 0 Å². The molecular weight excluding hydrogens is 245 g/mol. The zero-order valence-electron chi connectivity index (χ0n) is 9.15. The monoisotopic (exact) mass is 260 g/mol. The van der Waals surface area contributed by atoms with E-state index in [4.69, 9.17) is 16.3 Å². The van der Waals surface area contributed by atoms with Gasteiger partial charge in [-0.1, -0.05) is 0 Å². The van der Waals surface area contributed by atoms with Crippen LogP contribution in [-0.2, 0) is 9.47 Å². The maximum Gasteiger partial charge on any atom is 0.411 e. The largest absolute Gasteiger partial charge is 0.411 e. The van der Waals surface area contributed by atoms with Crippen molar-refractivity contribution in [3.63, 3.8) is 0 Å². The molecule has 0 aliphatic carbocycles. The minimum Gasteiger partial charge on any atom is -0.378 e. The van der Waals surface area contributed by atoms with Crippen LogP contribution in [0.15, 0.2) is 0 Å². The third-order valence-corrected chi connectivity index (χ3v) is 3.64. The fourth-order valence-electron chi connectivity index (χ4n) is 1.85. The summed E-state index contributed by atoms with van der Waals surface area (Å²) in [5.74, 6) is 0.392. The van der Waals surface area contributed by atoms with Crippen molar-refractivity contribution in [2.75, 3.05) is 25.7 Å². The van der Waals surface area contributed by atoms with E-state index >= 15 is 0 Å². The van der Waals surface area contributed by atoms with Gasteiger partial charge in [-0.25, -0.2) is 0 Å². The van der Waals surface area contributed by atoms with Gasteiger partial charge in [0.1, 0.15) is 6.61 Å². The Labute approximate surface area is 98.0 Å². The van der Waals surface area contributed by atoms with E-state index in [2.05, 4.69) is 4.74 Å². The summed E-state index contributed by atoms with van der Waals surface area (Å²) in [4.78, 5) is 0. The molecule has 0 amide bonds. The van der Waals surface area contributed by atoms with Gasteiger partial charge in [0.05, 0.1) is 6.10 Å². The van der Waals surface area contributed by atoms with Crippen LogP contribution in [-0.4, -0.2) is 38.0 Å². The summed E-state index contributed by atoms with van der Waals surface area (Å²) in [6, 6.07) is 0. The summed E-state index contributed by atoms with van der Waals surface area (Å²) in [5, 5.41) is 0. The molecule has 1 rings (SSSR count). The van der Waals surface area contributed by atoms with E-state index in [1.165, 1.54) is 0 Å². The minimum atomic E-state index is -4.26. The van der Waals surface area contributed by atoms with Crippen molar-refractivity contribution in [2.24, 2.45) is 5.41 Å². The number of alkyl halides is 4. The van der Waals surface area contributed by atoms with Crippen LogP contribution in [0.5, 0.6) is 0 Å². The average Bonchev–Trinajstić information content (AvgIpc) is 2.54. The lowest BCUT2D eigenvalue weighted by Crippen LogP contribution is -2.32. The third-order valence-electron chi connectivity index (χ3n) is 3.11. The van der Waals surface area contributed by atoms with Gasteiger partial charge >= 0.3 is 6.18 Å². The zero-order valence-corrected chi connectivity index (χ0v) is 9.90. The summed E-state index contributed by atoms with van der Waals surface area (Å²) in [7, 11) is 0. The van der Waals surface area contributed by atoms with Gasteiger partial charge in [0.15, 0.2) is 0 Å². The number of hydrogen-bond donors (Lipinski definition) is 0. The van der Waals surface area contributed by atoms with Crippen molar-refractivity contribution in [2.45, 2.75) is 32.0 Å². The quantitative estimate of drug-likeness (QED) is 0.559.